The third kappa shape index (κ3) is 3.54. The van der Waals surface area contributed by atoms with Crippen molar-refractivity contribution in [2.45, 2.75) is 13.8 Å². The lowest BCUT2D eigenvalue weighted by atomic mass is 10.1. The number of methoxy groups -OCH3 is 2. The lowest BCUT2D eigenvalue weighted by Gasteiger charge is -2.06. The molecule has 4 aromatic rings. The quantitative estimate of drug-likeness (QED) is 0.443. The van der Waals surface area contributed by atoms with E-state index >= 15 is 0 Å². The van der Waals surface area contributed by atoms with Gasteiger partial charge < -0.3 is 24.5 Å². The molecule has 0 saturated heterocycles. The number of nitrogens with one attached hydrogen (secondary N) is 2. The number of H-pyrrole nitrogens is 2. The van der Waals surface area contributed by atoms with Gasteiger partial charge in [-0.05, 0) is 37.1 Å². The first-order valence-electron chi connectivity index (χ1n) is 8.90. The van der Waals surface area contributed by atoms with Gasteiger partial charge in [0.05, 0.1) is 36.1 Å². The van der Waals surface area contributed by atoms with Gasteiger partial charge in [0, 0.05) is 23.5 Å². The summed E-state index contributed by atoms with van der Waals surface area (Å²) in [6.45, 7) is 3.84. The van der Waals surface area contributed by atoms with Crippen LogP contribution in [-0.2, 0) is 0 Å². The van der Waals surface area contributed by atoms with Gasteiger partial charge in [-0.1, -0.05) is 12.1 Å². The Balaban J connectivity index is 0.000000166. The number of ether oxygens (including phenoxy) is 2. The average molecular weight is 394 g/mol. The Hall–Kier alpha value is -3.74. The van der Waals surface area contributed by atoms with E-state index in [9.17, 15) is 9.59 Å². The van der Waals surface area contributed by atoms with Gasteiger partial charge in [0.25, 0.3) is 0 Å². The van der Waals surface area contributed by atoms with Crippen LogP contribution in [0.25, 0.3) is 21.8 Å². The van der Waals surface area contributed by atoms with E-state index in [0.29, 0.717) is 16.7 Å². The number of aldehydes is 1. The van der Waals surface area contributed by atoms with Crippen molar-refractivity contribution in [1.29, 1.82) is 0 Å². The third-order valence-electron chi connectivity index (χ3n) is 4.79. The number of aromatic nitrogens is 2. The first kappa shape index (κ1) is 20.0. The zero-order valence-electron chi connectivity index (χ0n) is 16.6. The molecule has 0 spiro atoms. The highest BCUT2D eigenvalue weighted by atomic mass is 16.5. The molecule has 3 N–H and O–H groups in total. The minimum absolute atomic E-state index is 0.241. The number of benzene rings is 2. The Morgan fingerprint density at radius 2 is 1.41 bits per heavy atom. The predicted molar refractivity (Wildman–Crippen MR) is 112 cm³/mol. The fraction of sp³-hybridized carbons (Fsp3) is 0.182. The molecule has 2 heterocycles. The number of hydrogen-bond donors (Lipinski definition) is 3. The number of aromatic amines is 2. The Morgan fingerprint density at radius 1 is 0.897 bits per heavy atom. The summed E-state index contributed by atoms with van der Waals surface area (Å²) in [4.78, 5) is 27.7. The molecule has 2 aromatic heterocycles. The van der Waals surface area contributed by atoms with Crippen molar-refractivity contribution in [2.75, 3.05) is 14.2 Å². The van der Waals surface area contributed by atoms with E-state index in [4.69, 9.17) is 14.6 Å². The number of aromatic carboxylic acids is 1. The number of fused-ring (bicyclic) bond motifs is 2. The van der Waals surface area contributed by atoms with Crippen LogP contribution >= 0.6 is 0 Å². The molecule has 0 atom stereocenters. The fourth-order valence-corrected chi connectivity index (χ4v) is 3.41. The summed E-state index contributed by atoms with van der Waals surface area (Å²) in [7, 11) is 3.16. The maximum absolute atomic E-state index is 11.0. The zero-order chi connectivity index (χ0) is 21.1. The van der Waals surface area contributed by atoms with Crippen LogP contribution in [0.5, 0.6) is 11.5 Å². The summed E-state index contributed by atoms with van der Waals surface area (Å²) >= 11 is 0. The van der Waals surface area contributed by atoms with Gasteiger partial charge in [0.2, 0.25) is 0 Å². The maximum Gasteiger partial charge on any atom is 0.338 e. The first-order valence-corrected chi connectivity index (χ1v) is 8.90. The second-order valence-corrected chi connectivity index (χ2v) is 6.55. The van der Waals surface area contributed by atoms with Gasteiger partial charge >= 0.3 is 5.97 Å². The smallest absolute Gasteiger partial charge is 0.338 e. The Labute approximate surface area is 167 Å². The maximum atomic E-state index is 11.0. The number of aryl methyl sites for hydroxylation is 2. The molecule has 0 aliphatic heterocycles. The van der Waals surface area contributed by atoms with Crippen LogP contribution in [0.3, 0.4) is 0 Å². The molecule has 0 aliphatic carbocycles. The molecule has 29 heavy (non-hydrogen) atoms. The van der Waals surface area contributed by atoms with Crippen molar-refractivity contribution in [3.63, 3.8) is 0 Å². The van der Waals surface area contributed by atoms with Crippen LogP contribution in [0.15, 0.2) is 36.7 Å². The number of carbonyl (C=O) groups excluding carboxylic acids is 1. The van der Waals surface area contributed by atoms with Crippen molar-refractivity contribution in [2.24, 2.45) is 0 Å². The number of hydrogen-bond acceptors (Lipinski definition) is 4. The van der Waals surface area contributed by atoms with E-state index in [0.717, 1.165) is 39.6 Å². The highest BCUT2D eigenvalue weighted by molar-refractivity contribution is 6.06. The van der Waals surface area contributed by atoms with Crippen LogP contribution in [0.2, 0.25) is 0 Å². The van der Waals surface area contributed by atoms with Crippen molar-refractivity contribution in [3.8, 4) is 11.5 Å². The molecule has 0 aliphatic rings. The van der Waals surface area contributed by atoms with Gasteiger partial charge in [0.1, 0.15) is 11.5 Å². The highest BCUT2D eigenvalue weighted by Crippen LogP contribution is 2.32. The van der Waals surface area contributed by atoms with E-state index in [-0.39, 0.29) is 5.56 Å². The number of carboxylic acid groups (broad SMARTS) is 1. The van der Waals surface area contributed by atoms with Gasteiger partial charge in [-0.3, -0.25) is 4.79 Å². The van der Waals surface area contributed by atoms with Crippen LogP contribution in [0, 0.1) is 13.8 Å². The summed E-state index contributed by atoms with van der Waals surface area (Å²) in [6.07, 6.45) is 4.01. The molecule has 2 aromatic carbocycles. The monoisotopic (exact) mass is 394 g/mol. The molecule has 0 bridgehead atoms. The van der Waals surface area contributed by atoms with E-state index in [1.54, 1.807) is 20.4 Å². The second-order valence-electron chi connectivity index (χ2n) is 6.55. The van der Waals surface area contributed by atoms with Crippen LogP contribution in [0.4, 0.5) is 0 Å². The SMILES string of the molecule is COc1c(C)ccc2[nH]cc(C(=O)O)c12.COc1c(C)ccc2[nH]cc(C=O)c12. The summed E-state index contributed by atoms with van der Waals surface area (Å²) in [5, 5.41) is 10.5. The topological polar surface area (TPSA) is 104 Å². The Bertz CT molecular complexity index is 1200. The summed E-state index contributed by atoms with van der Waals surface area (Å²) in [5.74, 6) is 0.433. The molecule has 0 saturated carbocycles. The number of rotatable bonds is 4. The minimum Gasteiger partial charge on any atom is -0.496 e. The van der Waals surface area contributed by atoms with E-state index in [2.05, 4.69) is 9.97 Å². The molecule has 0 unspecified atom stereocenters. The second kappa shape index (κ2) is 8.10. The molecule has 0 fully saturated rings. The standard InChI is InChI=1S/C11H11NO3.C11H11NO2/c1-6-3-4-8-9(10(6)15-2)7(5-12-8)11(13)14;1-7-3-4-9-10(11(7)14-2)8(6-13)5-12-9/h3-5,12H,1-2H3,(H,13,14);3-6,12H,1-2H3. The largest absolute Gasteiger partial charge is 0.496 e. The lowest BCUT2D eigenvalue weighted by molar-refractivity contribution is 0.0698. The fourth-order valence-electron chi connectivity index (χ4n) is 3.41. The number of carbonyl (C=O) groups is 2. The van der Waals surface area contributed by atoms with Gasteiger partial charge in [-0.25, -0.2) is 4.79 Å². The summed E-state index contributed by atoms with van der Waals surface area (Å²) in [6, 6.07) is 7.65. The molecular weight excluding hydrogens is 372 g/mol. The normalized spacial score (nSPS) is 10.5. The molecule has 7 heteroatoms. The van der Waals surface area contributed by atoms with Crippen molar-refractivity contribution >= 4 is 34.1 Å². The van der Waals surface area contributed by atoms with Gasteiger partial charge in [0.15, 0.2) is 6.29 Å². The van der Waals surface area contributed by atoms with E-state index in [1.807, 2.05) is 38.1 Å². The molecule has 4 rings (SSSR count). The average Bonchev–Trinajstić information content (AvgIpc) is 3.32. The minimum atomic E-state index is -0.954. The number of carboxylic acids is 1. The van der Waals surface area contributed by atoms with Crippen molar-refractivity contribution in [3.05, 3.63) is 58.9 Å². The first-order chi connectivity index (χ1) is 13.9. The van der Waals surface area contributed by atoms with E-state index < -0.39 is 5.97 Å². The van der Waals surface area contributed by atoms with Gasteiger partial charge in [-0.2, -0.15) is 0 Å². The lowest BCUT2D eigenvalue weighted by Crippen LogP contribution is -1.96. The molecule has 0 amide bonds. The van der Waals surface area contributed by atoms with Crippen LogP contribution in [-0.4, -0.2) is 41.5 Å². The highest BCUT2D eigenvalue weighted by Gasteiger charge is 2.16. The summed E-state index contributed by atoms with van der Waals surface area (Å²) < 4.78 is 10.5. The van der Waals surface area contributed by atoms with Crippen LogP contribution < -0.4 is 9.47 Å². The third-order valence-corrected chi connectivity index (χ3v) is 4.79. The molecule has 7 nitrogen and oxygen atoms in total. The predicted octanol–water partition coefficient (Wildman–Crippen LogP) is 4.48. The Kier molecular flexibility index (Phi) is 5.59. The molecule has 0 radical (unpaired) electrons. The molecule has 150 valence electrons. The van der Waals surface area contributed by atoms with E-state index in [1.165, 1.54) is 6.20 Å². The molecular formula is C22H22N2O5. The Morgan fingerprint density at radius 3 is 1.93 bits per heavy atom. The van der Waals surface area contributed by atoms with Crippen LogP contribution in [0.1, 0.15) is 31.8 Å². The van der Waals surface area contributed by atoms with Crippen molar-refractivity contribution in [1.82, 2.24) is 9.97 Å². The van der Waals surface area contributed by atoms with Gasteiger partial charge in [-0.15, -0.1) is 0 Å². The van der Waals surface area contributed by atoms with Crippen molar-refractivity contribution < 1.29 is 24.2 Å². The zero-order valence-corrected chi connectivity index (χ0v) is 16.6. The summed E-state index contributed by atoms with van der Waals surface area (Å²) in [5.41, 5.74) is 4.53.